The number of amides is 1. The lowest BCUT2D eigenvalue weighted by molar-refractivity contribution is -0.115. The second-order valence-electron chi connectivity index (χ2n) is 6.93. The Balaban J connectivity index is 1.63. The van der Waals surface area contributed by atoms with Crippen molar-refractivity contribution in [2.45, 2.75) is 13.0 Å². The Morgan fingerprint density at radius 3 is 2.52 bits per heavy atom. The first-order chi connectivity index (χ1) is 14.1. The van der Waals surface area contributed by atoms with Crippen LogP contribution in [0.1, 0.15) is 22.3 Å². The molecule has 0 radical (unpaired) electrons. The Kier molecular flexibility index (Phi) is 5.98. The fraction of sp³-hybridized carbons (Fsp3) is 0.0800. The zero-order valence-electron chi connectivity index (χ0n) is 15.7. The van der Waals surface area contributed by atoms with Gasteiger partial charge in [0.05, 0.1) is 5.57 Å². The Hall–Kier alpha value is -2.62. The van der Waals surface area contributed by atoms with E-state index >= 15 is 0 Å². The van der Waals surface area contributed by atoms with E-state index in [2.05, 4.69) is 27.3 Å². The summed E-state index contributed by atoms with van der Waals surface area (Å²) in [5.74, 6) is -0.0503. The Bertz CT molecular complexity index is 1100. The number of carbonyl (C=O) groups excluding carboxylic acids is 1. The second-order valence-corrected chi connectivity index (χ2v) is 8.28. The first-order valence-corrected chi connectivity index (χ1v) is 10.5. The number of allylic oxidation sites excluding steroid dienone is 2. The van der Waals surface area contributed by atoms with Crippen molar-refractivity contribution in [3.05, 3.63) is 116 Å². The van der Waals surface area contributed by atoms with Gasteiger partial charge in [-0.25, -0.2) is 0 Å². The zero-order valence-corrected chi connectivity index (χ0v) is 18.0. The van der Waals surface area contributed by atoms with Gasteiger partial charge in [0, 0.05) is 16.0 Å². The summed E-state index contributed by atoms with van der Waals surface area (Å²) in [5.41, 5.74) is 6.03. The highest BCUT2D eigenvalue weighted by molar-refractivity contribution is 9.10. The van der Waals surface area contributed by atoms with Crippen LogP contribution in [0, 0.1) is 0 Å². The van der Waals surface area contributed by atoms with E-state index in [-0.39, 0.29) is 5.91 Å². The summed E-state index contributed by atoms with van der Waals surface area (Å²) in [7, 11) is 0. The minimum Gasteiger partial charge on any atom is -0.348 e. The molecule has 0 aromatic heterocycles. The SMILES string of the molecule is O=C(NCc1ccccc1)C1=C(/C=C/c2ccc(Cl)cc2)Cc2cc(Br)ccc21. The number of hydrogen-bond acceptors (Lipinski definition) is 1. The fourth-order valence-electron chi connectivity index (χ4n) is 3.47. The van der Waals surface area contributed by atoms with Crippen LogP contribution in [0.2, 0.25) is 5.02 Å². The van der Waals surface area contributed by atoms with Gasteiger partial charge >= 0.3 is 0 Å². The first-order valence-electron chi connectivity index (χ1n) is 9.38. The molecule has 4 rings (SSSR count). The van der Waals surface area contributed by atoms with E-state index in [1.165, 1.54) is 0 Å². The number of hydrogen-bond donors (Lipinski definition) is 1. The molecule has 0 spiro atoms. The van der Waals surface area contributed by atoms with Crippen molar-refractivity contribution >= 4 is 45.1 Å². The van der Waals surface area contributed by atoms with Crippen LogP contribution in [-0.2, 0) is 17.8 Å². The smallest absolute Gasteiger partial charge is 0.252 e. The van der Waals surface area contributed by atoms with Gasteiger partial charge in [-0.1, -0.05) is 88.2 Å². The van der Waals surface area contributed by atoms with Crippen LogP contribution in [-0.4, -0.2) is 5.91 Å². The molecule has 0 unspecified atom stereocenters. The predicted octanol–water partition coefficient (Wildman–Crippen LogP) is 6.44. The molecule has 29 heavy (non-hydrogen) atoms. The molecular weight excluding hydrogens is 446 g/mol. The summed E-state index contributed by atoms with van der Waals surface area (Å²) in [6.07, 6.45) is 4.79. The second kappa shape index (κ2) is 8.81. The van der Waals surface area contributed by atoms with Crippen LogP contribution < -0.4 is 5.32 Å². The molecule has 0 aliphatic heterocycles. The number of carbonyl (C=O) groups is 1. The molecule has 1 N–H and O–H groups in total. The monoisotopic (exact) mass is 463 g/mol. The lowest BCUT2D eigenvalue weighted by Gasteiger charge is -2.09. The predicted molar refractivity (Wildman–Crippen MR) is 124 cm³/mol. The molecule has 0 fully saturated rings. The lowest BCUT2D eigenvalue weighted by atomic mass is 10.0. The molecule has 0 bridgehead atoms. The van der Waals surface area contributed by atoms with Crippen LogP contribution in [0.4, 0.5) is 0 Å². The summed E-state index contributed by atoms with van der Waals surface area (Å²) in [6.45, 7) is 0.503. The molecule has 144 valence electrons. The van der Waals surface area contributed by atoms with Crippen molar-refractivity contribution < 1.29 is 4.79 Å². The van der Waals surface area contributed by atoms with Crippen molar-refractivity contribution in [3.63, 3.8) is 0 Å². The van der Waals surface area contributed by atoms with E-state index in [9.17, 15) is 4.79 Å². The van der Waals surface area contributed by atoms with Crippen LogP contribution in [0.5, 0.6) is 0 Å². The molecule has 3 aromatic rings. The van der Waals surface area contributed by atoms with E-state index in [4.69, 9.17) is 11.6 Å². The molecule has 2 nitrogen and oxygen atoms in total. The van der Waals surface area contributed by atoms with Crippen molar-refractivity contribution in [3.8, 4) is 0 Å². The van der Waals surface area contributed by atoms with Gasteiger partial charge < -0.3 is 5.32 Å². The molecule has 0 atom stereocenters. The van der Waals surface area contributed by atoms with Gasteiger partial charge in [-0.05, 0) is 58.5 Å². The average Bonchev–Trinajstić information content (AvgIpc) is 3.10. The van der Waals surface area contributed by atoms with Crippen LogP contribution in [0.25, 0.3) is 11.6 Å². The van der Waals surface area contributed by atoms with Gasteiger partial charge in [0.25, 0.3) is 5.91 Å². The summed E-state index contributed by atoms with van der Waals surface area (Å²) in [6, 6.07) is 23.7. The molecule has 0 saturated carbocycles. The number of rotatable bonds is 5. The summed E-state index contributed by atoms with van der Waals surface area (Å²) >= 11 is 9.51. The van der Waals surface area contributed by atoms with Crippen LogP contribution >= 0.6 is 27.5 Å². The van der Waals surface area contributed by atoms with E-state index in [1.807, 2.05) is 78.9 Å². The summed E-state index contributed by atoms with van der Waals surface area (Å²) in [5, 5.41) is 3.78. The van der Waals surface area contributed by atoms with E-state index < -0.39 is 0 Å². The molecule has 0 saturated heterocycles. The standard InChI is InChI=1S/C25H19BrClNO/c26-21-10-13-23-20(15-21)14-19(9-6-17-7-11-22(27)12-8-17)24(23)25(29)28-16-18-4-2-1-3-5-18/h1-13,15H,14,16H2,(H,28,29)/b9-6+. The number of halogens is 2. The minimum atomic E-state index is -0.0503. The summed E-state index contributed by atoms with van der Waals surface area (Å²) in [4.78, 5) is 13.1. The number of fused-ring (bicyclic) bond motifs is 1. The van der Waals surface area contributed by atoms with Crippen molar-refractivity contribution in [1.82, 2.24) is 5.32 Å². The fourth-order valence-corrected chi connectivity index (χ4v) is 4.00. The van der Waals surface area contributed by atoms with Crippen LogP contribution in [0.3, 0.4) is 0 Å². The van der Waals surface area contributed by atoms with Gasteiger partial charge in [-0.15, -0.1) is 0 Å². The van der Waals surface area contributed by atoms with Gasteiger partial charge in [0.15, 0.2) is 0 Å². The Morgan fingerprint density at radius 1 is 1.00 bits per heavy atom. The van der Waals surface area contributed by atoms with E-state index in [0.29, 0.717) is 11.6 Å². The van der Waals surface area contributed by atoms with Crippen molar-refractivity contribution in [2.75, 3.05) is 0 Å². The molecule has 1 aliphatic rings. The molecule has 1 aliphatic carbocycles. The van der Waals surface area contributed by atoms with Gasteiger partial charge in [-0.2, -0.15) is 0 Å². The first kappa shape index (κ1) is 19.7. The highest BCUT2D eigenvalue weighted by Gasteiger charge is 2.25. The highest BCUT2D eigenvalue weighted by atomic mass is 79.9. The third kappa shape index (κ3) is 4.69. The van der Waals surface area contributed by atoms with Gasteiger partial charge in [0.2, 0.25) is 0 Å². The molecule has 4 heteroatoms. The molecule has 3 aromatic carbocycles. The average molecular weight is 465 g/mol. The maximum atomic E-state index is 13.1. The normalized spacial score (nSPS) is 13.0. The lowest BCUT2D eigenvalue weighted by Crippen LogP contribution is -2.24. The summed E-state index contributed by atoms with van der Waals surface area (Å²) < 4.78 is 1.02. The minimum absolute atomic E-state index is 0.0503. The Morgan fingerprint density at radius 2 is 1.76 bits per heavy atom. The Labute approximate surface area is 184 Å². The largest absolute Gasteiger partial charge is 0.348 e. The third-order valence-corrected chi connectivity index (χ3v) is 5.65. The quantitative estimate of drug-likeness (QED) is 0.462. The number of benzene rings is 3. The molecule has 1 amide bonds. The topological polar surface area (TPSA) is 29.1 Å². The van der Waals surface area contributed by atoms with E-state index in [1.54, 1.807) is 0 Å². The maximum absolute atomic E-state index is 13.1. The van der Waals surface area contributed by atoms with Gasteiger partial charge in [-0.3, -0.25) is 4.79 Å². The van der Waals surface area contributed by atoms with E-state index in [0.717, 1.165) is 44.3 Å². The highest BCUT2D eigenvalue weighted by Crippen LogP contribution is 2.35. The van der Waals surface area contributed by atoms with Gasteiger partial charge in [0.1, 0.15) is 0 Å². The molecular formula is C25H19BrClNO. The number of nitrogens with one attached hydrogen (secondary N) is 1. The third-order valence-electron chi connectivity index (χ3n) is 4.91. The van der Waals surface area contributed by atoms with Crippen molar-refractivity contribution in [2.24, 2.45) is 0 Å². The zero-order chi connectivity index (χ0) is 20.2. The maximum Gasteiger partial charge on any atom is 0.252 e. The van der Waals surface area contributed by atoms with Crippen LogP contribution in [0.15, 0.2) is 88.9 Å². The molecule has 0 heterocycles. The van der Waals surface area contributed by atoms with Crippen molar-refractivity contribution in [1.29, 1.82) is 0 Å².